The van der Waals surface area contributed by atoms with Crippen LogP contribution in [0.1, 0.15) is 19.4 Å². The number of rotatable bonds is 3. The maximum atomic E-state index is 13.3. The molecule has 0 amide bonds. The van der Waals surface area contributed by atoms with Gasteiger partial charge >= 0.3 is 0 Å². The Hall–Kier alpha value is -0.600. The Morgan fingerprint density at radius 3 is 2.57 bits per heavy atom. The van der Waals surface area contributed by atoms with E-state index in [0.717, 1.165) is 0 Å². The van der Waals surface area contributed by atoms with Gasteiger partial charge in [0, 0.05) is 16.6 Å². The Labute approximate surface area is 89.1 Å². The predicted octanol–water partition coefficient (Wildman–Crippen LogP) is 3.00. The summed E-state index contributed by atoms with van der Waals surface area (Å²) < 4.78 is 13.3. The highest BCUT2D eigenvalue weighted by Crippen LogP contribution is 2.22. The van der Waals surface area contributed by atoms with Crippen LogP contribution in [0.15, 0.2) is 18.2 Å². The van der Waals surface area contributed by atoms with Gasteiger partial charge in [0.1, 0.15) is 5.82 Å². The van der Waals surface area contributed by atoms with Crippen LogP contribution in [0.5, 0.6) is 0 Å². The molecule has 0 aliphatic carbocycles. The molecule has 14 heavy (non-hydrogen) atoms. The van der Waals surface area contributed by atoms with E-state index in [1.165, 1.54) is 6.07 Å². The lowest BCUT2D eigenvalue weighted by Crippen LogP contribution is -2.26. The van der Waals surface area contributed by atoms with Crippen LogP contribution in [0.2, 0.25) is 5.02 Å². The van der Waals surface area contributed by atoms with Gasteiger partial charge in [-0.2, -0.15) is 0 Å². The molecule has 0 aromatic heterocycles. The molecule has 1 aromatic carbocycles. The lowest BCUT2D eigenvalue weighted by atomic mass is 9.95. The van der Waals surface area contributed by atoms with Gasteiger partial charge in [-0.25, -0.2) is 4.39 Å². The zero-order valence-corrected chi connectivity index (χ0v) is 9.18. The van der Waals surface area contributed by atoms with Crippen molar-refractivity contribution < 1.29 is 4.39 Å². The molecule has 0 heterocycles. The van der Waals surface area contributed by atoms with Gasteiger partial charge in [0.15, 0.2) is 0 Å². The summed E-state index contributed by atoms with van der Waals surface area (Å²) in [7, 11) is 0. The van der Waals surface area contributed by atoms with E-state index >= 15 is 0 Å². The van der Waals surface area contributed by atoms with E-state index in [0.29, 0.717) is 17.0 Å². The van der Waals surface area contributed by atoms with E-state index in [2.05, 4.69) is 0 Å². The topological polar surface area (TPSA) is 26.0 Å². The van der Waals surface area contributed by atoms with Gasteiger partial charge in [0.25, 0.3) is 0 Å². The van der Waals surface area contributed by atoms with E-state index in [-0.39, 0.29) is 17.8 Å². The first kappa shape index (κ1) is 11.5. The van der Waals surface area contributed by atoms with Crippen molar-refractivity contribution in [1.29, 1.82) is 0 Å². The van der Waals surface area contributed by atoms with Crippen LogP contribution < -0.4 is 5.73 Å². The number of nitrogens with two attached hydrogens (primary N) is 1. The van der Waals surface area contributed by atoms with Gasteiger partial charge in [0.2, 0.25) is 0 Å². The summed E-state index contributed by atoms with van der Waals surface area (Å²) in [5, 5.41) is 0.484. The molecule has 3 heteroatoms. The second kappa shape index (κ2) is 4.76. The highest BCUT2D eigenvalue weighted by molar-refractivity contribution is 6.31. The molecule has 2 unspecified atom stereocenters. The summed E-state index contributed by atoms with van der Waals surface area (Å²) in [6, 6.07) is 4.78. The van der Waals surface area contributed by atoms with E-state index in [4.69, 9.17) is 17.3 Å². The smallest absolute Gasteiger partial charge is 0.127 e. The van der Waals surface area contributed by atoms with Crippen molar-refractivity contribution in [1.82, 2.24) is 0 Å². The number of benzene rings is 1. The Balaban J connectivity index is 2.85. The lowest BCUT2D eigenvalue weighted by Gasteiger charge is -2.16. The monoisotopic (exact) mass is 215 g/mol. The quantitative estimate of drug-likeness (QED) is 0.824. The standard InChI is InChI=1S/C11H15ClFN/c1-7(8(2)14)6-9-10(12)4-3-5-11(9)13/h3-5,7-8H,6,14H2,1-2H3. The molecule has 0 saturated heterocycles. The first-order chi connectivity index (χ1) is 6.52. The molecule has 0 saturated carbocycles. The molecule has 0 aliphatic rings. The fraction of sp³-hybridized carbons (Fsp3) is 0.455. The molecule has 0 bridgehead atoms. The van der Waals surface area contributed by atoms with Crippen LogP contribution in [0.4, 0.5) is 4.39 Å². The fourth-order valence-corrected chi connectivity index (χ4v) is 1.48. The third-order valence-corrected chi connectivity index (χ3v) is 2.84. The highest BCUT2D eigenvalue weighted by Gasteiger charge is 2.13. The zero-order valence-electron chi connectivity index (χ0n) is 8.43. The SMILES string of the molecule is CC(N)C(C)Cc1c(F)cccc1Cl. The number of hydrogen-bond acceptors (Lipinski definition) is 1. The van der Waals surface area contributed by atoms with Crippen molar-refractivity contribution in [3.63, 3.8) is 0 Å². The van der Waals surface area contributed by atoms with E-state index in [9.17, 15) is 4.39 Å². The predicted molar refractivity (Wildman–Crippen MR) is 57.9 cm³/mol. The minimum absolute atomic E-state index is 0.0469. The average molecular weight is 216 g/mol. The van der Waals surface area contributed by atoms with E-state index < -0.39 is 0 Å². The Morgan fingerprint density at radius 2 is 2.07 bits per heavy atom. The van der Waals surface area contributed by atoms with Gasteiger partial charge in [0.05, 0.1) is 0 Å². The molecular formula is C11H15ClFN. The van der Waals surface area contributed by atoms with Gasteiger partial charge in [-0.05, 0) is 31.4 Å². The average Bonchev–Trinajstić information content (AvgIpc) is 2.11. The fourth-order valence-electron chi connectivity index (χ4n) is 1.24. The van der Waals surface area contributed by atoms with Crippen LogP contribution >= 0.6 is 11.6 Å². The molecule has 1 aromatic rings. The van der Waals surface area contributed by atoms with Crippen LogP contribution in [0.25, 0.3) is 0 Å². The molecule has 1 rings (SSSR count). The first-order valence-electron chi connectivity index (χ1n) is 4.71. The third-order valence-electron chi connectivity index (χ3n) is 2.49. The number of hydrogen-bond donors (Lipinski definition) is 1. The highest BCUT2D eigenvalue weighted by atomic mass is 35.5. The summed E-state index contributed by atoms with van der Waals surface area (Å²) in [5.41, 5.74) is 6.29. The largest absolute Gasteiger partial charge is 0.328 e. The molecule has 1 nitrogen and oxygen atoms in total. The van der Waals surface area contributed by atoms with Crippen LogP contribution in [0.3, 0.4) is 0 Å². The van der Waals surface area contributed by atoms with Gasteiger partial charge in [-0.3, -0.25) is 0 Å². The Bertz CT molecular complexity index is 292. The zero-order chi connectivity index (χ0) is 10.7. The summed E-state index contributed by atoms with van der Waals surface area (Å²) in [6.07, 6.45) is 0.586. The van der Waals surface area contributed by atoms with Crippen molar-refractivity contribution in [2.45, 2.75) is 26.3 Å². The second-order valence-electron chi connectivity index (χ2n) is 3.74. The third kappa shape index (κ3) is 2.69. The summed E-state index contributed by atoms with van der Waals surface area (Å²) in [5.74, 6) is -0.0191. The molecule has 0 aliphatic heterocycles. The normalized spacial score (nSPS) is 15.2. The van der Waals surface area contributed by atoms with Gasteiger partial charge < -0.3 is 5.73 Å². The maximum Gasteiger partial charge on any atom is 0.127 e. The maximum absolute atomic E-state index is 13.3. The van der Waals surface area contributed by atoms with Crippen molar-refractivity contribution in [3.05, 3.63) is 34.6 Å². The lowest BCUT2D eigenvalue weighted by molar-refractivity contribution is 0.470. The molecule has 0 radical (unpaired) electrons. The first-order valence-corrected chi connectivity index (χ1v) is 5.08. The Morgan fingerprint density at radius 1 is 1.43 bits per heavy atom. The van der Waals surface area contributed by atoms with Crippen molar-refractivity contribution in [2.75, 3.05) is 0 Å². The minimum Gasteiger partial charge on any atom is -0.328 e. The molecular weight excluding hydrogens is 201 g/mol. The molecule has 0 fully saturated rings. The van der Waals surface area contributed by atoms with Crippen molar-refractivity contribution >= 4 is 11.6 Å². The second-order valence-corrected chi connectivity index (χ2v) is 4.15. The summed E-state index contributed by atoms with van der Waals surface area (Å²) in [4.78, 5) is 0. The van der Waals surface area contributed by atoms with Crippen molar-refractivity contribution in [3.8, 4) is 0 Å². The molecule has 2 atom stereocenters. The van der Waals surface area contributed by atoms with Crippen LogP contribution in [-0.4, -0.2) is 6.04 Å². The molecule has 78 valence electrons. The van der Waals surface area contributed by atoms with Crippen LogP contribution in [0, 0.1) is 11.7 Å². The van der Waals surface area contributed by atoms with Gasteiger partial charge in [-0.1, -0.05) is 24.6 Å². The van der Waals surface area contributed by atoms with Crippen molar-refractivity contribution in [2.24, 2.45) is 11.7 Å². The minimum atomic E-state index is -0.245. The summed E-state index contributed by atoms with van der Waals surface area (Å²) >= 11 is 5.90. The number of halogens is 2. The van der Waals surface area contributed by atoms with Gasteiger partial charge in [-0.15, -0.1) is 0 Å². The molecule has 0 spiro atoms. The van der Waals surface area contributed by atoms with Crippen LogP contribution in [-0.2, 0) is 6.42 Å². The molecule has 2 N–H and O–H groups in total. The van der Waals surface area contributed by atoms with E-state index in [1.807, 2.05) is 13.8 Å². The summed E-state index contributed by atoms with van der Waals surface area (Å²) in [6.45, 7) is 3.91. The Kier molecular flexibility index (Phi) is 3.90. The van der Waals surface area contributed by atoms with E-state index in [1.54, 1.807) is 12.1 Å².